The van der Waals surface area contributed by atoms with Crippen molar-refractivity contribution in [2.45, 2.75) is 44.6 Å². The summed E-state index contributed by atoms with van der Waals surface area (Å²) in [5.41, 5.74) is 2.76. The zero-order chi connectivity index (χ0) is 24.8. The molecule has 1 aromatic heterocycles. The van der Waals surface area contributed by atoms with Crippen LogP contribution < -0.4 is 15.4 Å². The Bertz CT molecular complexity index is 1060. The predicted molar refractivity (Wildman–Crippen MR) is 130 cm³/mol. The number of fused-ring (bicyclic) bond motifs is 1. The van der Waals surface area contributed by atoms with Crippen molar-refractivity contribution in [3.63, 3.8) is 0 Å². The minimum atomic E-state index is -1.06. The van der Waals surface area contributed by atoms with Crippen LogP contribution in [0.2, 0.25) is 0 Å². The fourth-order valence-corrected chi connectivity index (χ4v) is 4.82. The number of ether oxygens (including phenoxy) is 1. The van der Waals surface area contributed by atoms with E-state index in [2.05, 4.69) is 27.7 Å². The number of nitrogens with zero attached hydrogens (tertiary/aromatic N) is 2. The van der Waals surface area contributed by atoms with E-state index in [-0.39, 0.29) is 24.0 Å². The molecule has 2 aromatic rings. The van der Waals surface area contributed by atoms with E-state index in [1.807, 2.05) is 0 Å². The Balaban J connectivity index is 1.28. The lowest BCUT2D eigenvalue weighted by molar-refractivity contribution is -0.138. The third kappa shape index (κ3) is 6.48. The molecule has 1 fully saturated rings. The normalized spacial score (nSPS) is 17.2. The van der Waals surface area contributed by atoms with Crippen LogP contribution in [0.1, 0.15) is 48.5 Å². The smallest absolute Gasteiger partial charge is 0.305 e. The molecule has 3 N–H and O–H groups in total. The number of hydrogen-bond acceptors (Lipinski definition) is 6. The number of anilines is 1. The van der Waals surface area contributed by atoms with Crippen LogP contribution >= 0.6 is 0 Å². The number of nitrogens with one attached hydrogen (secondary N) is 2. The summed E-state index contributed by atoms with van der Waals surface area (Å²) in [6.45, 7) is 3.44. The Kier molecular flexibility index (Phi) is 8.17. The molecule has 8 nitrogen and oxygen atoms in total. The predicted octanol–water partition coefficient (Wildman–Crippen LogP) is 3.17. The Labute approximate surface area is 204 Å². The van der Waals surface area contributed by atoms with Gasteiger partial charge in [-0.2, -0.15) is 0 Å². The summed E-state index contributed by atoms with van der Waals surface area (Å²) in [7, 11) is 1.36. The van der Waals surface area contributed by atoms with Crippen molar-refractivity contribution < 1.29 is 23.8 Å². The molecule has 3 heterocycles. The molecule has 1 amide bonds. The van der Waals surface area contributed by atoms with E-state index in [4.69, 9.17) is 9.72 Å². The lowest BCUT2D eigenvalue weighted by Crippen LogP contribution is -2.42. The van der Waals surface area contributed by atoms with E-state index in [9.17, 15) is 19.1 Å². The molecule has 0 saturated carbocycles. The first kappa shape index (κ1) is 24.9. The summed E-state index contributed by atoms with van der Waals surface area (Å²) >= 11 is 0. The highest BCUT2D eigenvalue weighted by Crippen LogP contribution is 2.26. The van der Waals surface area contributed by atoms with E-state index < -0.39 is 17.8 Å². The minimum Gasteiger partial charge on any atom is -0.494 e. The number of rotatable bonds is 9. The topological polar surface area (TPSA) is 104 Å². The maximum Gasteiger partial charge on any atom is 0.305 e. The van der Waals surface area contributed by atoms with Crippen molar-refractivity contribution in [2.75, 3.05) is 38.6 Å². The SMILES string of the molecule is COc1ccc([C@H](CC(=O)O)NC(=O)C2CCN(CCc3ccc4c(n3)NCCC4)CC2)cc1F. The molecular formula is C26H33FN4O4. The number of piperidine rings is 1. The number of carbonyl (C=O) groups is 2. The van der Waals surface area contributed by atoms with Gasteiger partial charge in [-0.05, 0) is 68.1 Å². The number of aryl methyl sites for hydroxylation is 1. The van der Waals surface area contributed by atoms with Crippen LogP contribution in [0.25, 0.3) is 0 Å². The highest BCUT2D eigenvalue weighted by Gasteiger charge is 2.28. The standard InChI is InChI=1S/C26H33FN4O4/c1-35-23-7-5-19(15-21(23)27)22(16-24(32)33)30-26(34)18-8-12-31(13-9-18)14-10-20-6-4-17-3-2-11-28-25(17)29-20/h4-7,15,18,22H,2-3,8-14,16H2,1H3,(H,28,29)(H,30,34)(H,32,33)/t22-/m0/s1. The van der Waals surface area contributed by atoms with Gasteiger partial charge in [0.15, 0.2) is 11.6 Å². The Morgan fingerprint density at radius 3 is 2.80 bits per heavy atom. The number of carboxylic acid groups (broad SMARTS) is 1. The molecule has 0 radical (unpaired) electrons. The summed E-state index contributed by atoms with van der Waals surface area (Å²) < 4.78 is 19.1. The average molecular weight is 485 g/mol. The molecule has 188 valence electrons. The van der Waals surface area contributed by atoms with Crippen molar-refractivity contribution in [3.8, 4) is 5.75 Å². The summed E-state index contributed by atoms with van der Waals surface area (Å²) in [5.74, 6) is -0.953. The van der Waals surface area contributed by atoms with Gasteiger partial charge in [-0.15, -0.1) is 0 Å². The molecule has 2 aliphatic rings. The van der Waals surface area contributed by atoms with Gasteiger partial charge in [-0.3, -0.25) is 9.59 Å². The Hall–Kier alpha value is -3.20. The first-order valence-electron chi connectivity index (χ1n) is 12.2. The number of hydrogen-bond donors (Lipinski definition) is 3. The summed E-state index contributed by atoms with van der Waals surface area (Å²) in [5, 5.41) is 15.5. The van der Waals surface area contributed by atoms with Gasteiger partial charge in [-0.1, -0.05) is 12.1 Å². The van der Waals surface area contributed by atoms with Gasteiger partial charge in [0.05, 0.1) is 19.6 Å². The molecule has 1 saturated heterocycles. The van der Waals surface area contributed by atoms with Crippen LogP contribution in [0.3, 0.4) is 0 Å². The van der Waals surface area contributed by atoms with E-state index in [0.717, 1.165) is 57.0 Å². The largest absolute Gasteiger partial charge is 0.494 e. The van der Waals surface area contributed by atoms with Crippen molar-refractivity contribution in [2.24, 2.45) is 5.92 Å². The number of halogens is 1. The quantitative estimate of drug-likeness (QED) is 0.502. The number of pyridine rings is 1. The number of carboxylic acids is 1. The fraction of sp³-hybridized carbons (Fsp3) is 0.500. The molecule has 1 aromatic carbocycles. The summed E-state index contributed by atoms with van der Waals surface area (Å²) in [6.07, 6.45) is 4.15. The van der Waals surface area contributed by atoms with Crippen LogP contribution in [0.5, 0.6) is 5.75 Å². The second-order valence-electron chi connectivity index (χ2n) is 9.26. The van der Waals surface area contributed by atoms with Crippen molar-refractivity contribution in [1.29, 1.82) is 0 Å². The number of carbonyl (C=O) groups excluding carboxylic acids is 1. The number of benzene rings is 1. The molecule has 0 spiro atoms. The molecule has 9 heteroatoms. The third-order valence-electron chi connectivity index (χ3n) is 6.87. The van der Waals surface area contributed by atoms with Crippen LogP contribution in [-0.2, 0) is 22.4 Å². The first-order chi connectivity index (χ1) is 16.9. The van der Waals surface area contributed by atoms with Gasteiger partial charge in [0.25, 0.3) is 0 Å². The number of aromatic nitrogens is 1. The van der Waals surface area contributed by atoms with Gasteiger partial charge >= 0.3 is 5.97 Å². The Morgan fingerprint density at radius 1 is 1.29 bits per heavy atom. The maximum absolute atomic E-state index is 14.2. The maximum atomic E-state index is 14.2. The molecule has 2 aliphatic heterocycles. The van der Waals surface area contributed by atoms with Crippen molar-refractivity contribution in [1.82, 2.24) is 15.2 Å². The highest BCUT2D eigenvalue weighted by atomic mass is 19.1. The average Bonchev–Trinajstić information content (AvgIpc) is 2.87. The first-order valence-corrected chi connectivity index (χ1v) is 12.2. The Morgan fingerprint density at radius 2 is 2.09 bits per heavy atom. The monoisotopic (exact) mass is 484 g/mol. The van der Waals surface area contributed by atoms with E-state index in [1.165, 1.54) is 24.8 Å². The van der Waals surface area contributed by atoms with Gasteiger partial charge in [0.1, 0.15) is 5.82 Å². The lowest BCUT2D eigenvalue weighted by atomic mass is 9.94. The second kappa shape index (κ2) is 11.5. The molecule has 1 atom stereocenters. The minimum absolute atomic E-state index is 0.0726. The number of likely N-dealkylation sites (tertiary alicyclic amines) is 1. The number of methoxy groups -OCH3 is 1. The van der Waals surface area contributed by atoms with Gasteiger partial charge in [0.2, 0.25) is 5.91 Å². The van der Waals surface area contributed by atoms with E-state index >= 15 is 0 Å². The van der Waals surface area contributed by atoms with Crippen molar-refractivity contribution >= 4 is 17.7 Å². The molecule has 0 unspecified atom stereocenters. The van der Waals surface area contributed by atoms with Gasteiger partial charge < -0.3 is 25.4 Å². The molecule has 4 rings (SSSR count). The molecule has 0 bridgehead atoms. The van der Waals surface area contributed by atoms with Gasteiger partial charge in [0, 0.05) is 31.1 Å². The second-order valence-corrected chi connectivity index (χ2v) is 9.26. The van der Waals surface area contributed by atoms with Crippen LogP contribution in [0.15, 0.2) is 30.3 Å². The number of aliphatic carboxylic acids is 1. The fourth-order valence-electron chi connectivity index (χ4n) is 4.82. The lowest BCUT2D eigenvalue weighted by Gasteiger charge is -2.32. The van der Waals surface area contributed by atoms with Crippen LogP contribution in [0.4, 0.5) is 10.2 Å². The number of amides is 1. The molecular weight excluding hydrogens is 451 g/mol. The van der Waals surface area contributed by atoms with Gasteiger partial charge in [-0.25, -0.2) is 9.37 Å². The zero-order valence-corrected chi connectivity index (χ0v) is 20.1. The van der Waals surface area contributed by atoms with Crippen LogP contribution in [-0.4, -0.2) is 60.2 Å². The summed E-state index contributed by atoms with van der Waals surface area (Å²) in [4.78, 5) is 31.4. The molecule has 35 heavy (non-hydrogen) atoms. The van der Waals surface area contributed by atoms with Crippen molar-refractivity contribution in [3.05, 3.63) is 53.0 Å². The zero-order valence-electron chi connectivity index (χ0n) is 20.1. The van der Waals surface area contributed by atoms with E-state index in [0.29, 0.717) is 18.4 Å². The third-order valence-corrected chi connectivity index (χ3v) is 6.87. The van der Waals surface area contributed by atoms with E-state index in [1.54, 1.807) is 6.07 Å². The van der Waals surface area contributed by atoms with Crippen LogP contribution in [0, 0.1) is 11.7 Å². The highest BCUT2D eigenvalue weighted by molar-refractivity contribution is 5.80. The summed E-state index contributed by atoms with van der Waals surface area (Å²) in [6, 6.07) is 7.72. The molecule has 0 aliphatic carbocycles.